The summed E-state index contributed by atoms with van der Waals surface area (Å²) in [6, 6.07) is -0.460. The number of amides is 1. The van der Waals surface area contributed by atoms with Gasteiger partial charge in [-0.05, 0) is 46.0 Å². The Labute approximate surface area is 109 Å². The van der Waals surface area contributed by atoms with Crippen LogP contribution in [0.5, 0.6) is 0 Å². The standard InChI is InChI=1S/C14H25NO3/c1-6-10-7-11(10)8-12(16)9(2)15-13(17)18-14(3,4)5/h9-11H,6-8H2,1-5H3,(H,15,17)/t9-,10?,11?/m1/s1. The van der Waals surface area contributed by atoms with E-state index in [1.54, 1.807) is 27.7 Å². The number of hydrogen-bond donors (Lipinski definition) is 1. The van der Waals surface area contributed by atoms with Crippen LogP contribution in [0, 0.1) is 11.8 Å². The van der Waals surface area contributed by atoms with Gasteiger partial charge in [0, 0.05) is 6.42 Å². The predicted molar refractivity (Wildman–Crippen MR) is 70.3 cm³/mol. The third-order valence-electron chi connectivity index (χ3n) is 3.27. The monoisotopic (exact) mass is 255 g/mol. The molecule has 0 bridgehead atoms. The Bertz CT molecular complexity index is 319. The molecule has 1 rings (SSSR count). The molecule has 1 amide bonds. The molecule has 1 aliphatic rings. The van der Waals surface area contributed by atoms with Crippen LogP contribution in [0.1, 0.15) is 53.9 Å². The van der Waals surface area contributed by atoms with Crippen LogP contribution in [0.4, 0.5) is 4.79 Å². The zero-order valence-corrected chi connectivity index (χ0v) is 12.1. The number of nitrogens with one attached hydrogen (secondary N) is 1. The Kier molecular flexibility index (Phi) is 4.77. The van der Waals surface area contributed by atoms with Crippen molar-refractivity contribution in [2.24, 2.45) is 11.8 Å². The van der Waals surface area contributed by atoms with Gasteiger partial charge in [-0.3, -0.25) is 4.79 Å². The molecular formula is C14H25NO3. The highest BCUT2D eigenvalue weighted by molar-refractivity contribution is 5.87. The average molecular weight is 255 g/mol. The topological polar surface area (TPSA) is 55.4 Å². The quantitative estimate of drug-likeness (QED) is 0.821. The highest BCUT2D eigenvalue weighted by atomic mass is 16.6. The molecule has 0 radical (unpaired) electrons. The Morgan fingerprint density at radius 2 is 1.94 bits per heavy atom. The lowest BCUT2D eigenvalue weighted by Crippen LogP contribution is -2.41. The summed E-state index contributed by atoms with van der Waals surface area (Å²) in [5, 5.41) is 2.59. The van der Waals surface area contributed by atoms with Gasteiger partial charge < -0.3 is 10.1 Å². The molecule has 4 nitrogen and oxygen atoms in total. The summed E-state index contributed by atoms with van der Waals surface area (Å²) in [4.78, 5) is 23.4. The maximum Gasteiger partial charge on any atom is 0.408 e. The minimum absolute atomic E-state index is 0.0989. The first-order valence-corrected chi connectivity index (χ1v) is 6.75. The molecule has 1 fully saturated rings. The maximum atomic E-state index is 11.9. The first-order chi connectivity index (χ1) is 8.23. The summed E-state index contributed by atoms with van der Waals surface area (Å²) in [7, 11) is 0. The van der Waals surface area contributed by atoms with Crippen LogP contribution in [0.3, 0.4) is 0 Å². The van der Waals surface area contributed by atoms with Crippen LogP contribution in [-0.4, -0.2) is 23.5 Å². The lowest BCUT2D eigenvalue weighted by molar-refractivity contribution is -0.121. The molecule has 0 spiro atoms. The van der Waals surface area contributed by atoms with Crippen molar-refractivity contribution < 1.29 is 14.3 Å². The van der Waals surface area contributed by atoms with Crippen molar-refractivity contribution in [3.05, 3.63) is 0 Å². The first-order valence-electron chi connectivity index (χ1n) is 6.75. The van der Waals surface area contributed by atoms with Gasteiger partial charge in [0.15, 0.2) is 5.78 Å². The zero-order chi connectivity index (χ0) is 13.9. The molecule has 0 aromatic heterocycles. The predicted octanol–water partition coefficient (Wildman–Crippen LogP) is 2.90. The van der Waals surface area contributed by atoms with Gasteiger partial charge in [0.25, 0.3) is 0 Å². The fourth-order valence-electron chi connectivity index (χ4n) is 2.06. The van der Waals surface area contributed by atoms with Gasteiger partial charge in [-0.25, -0.2) is 4.79 Å². The van der Waals surface area contributed by atoms with Crippen LogP contribution >= 0.6 is 0 Å². The van der Waals surface area contributed by atoms with Gasteiger partial charge in [-0.2, -0.15) is 0 Å². The van der Waals surface area contributed by atoms with Crippen molar-refractivity contribution in [3.63, 3.8) is 0 Å². The van der Waals surface area contributed by atoms with E-state index >= 15 is 0 Å². The van der Waals surface area contributed by atoms with Gasteiger partial charge in [0.05, 0.1) is 6.04 Å². The molecule has 0 aromatic carbocycles. The number of ether oxygens (including phenoxy) is 1. The number of ketones is 1. The van der Waals surface area contributed by atoms with Gasteiger partial charge in [-0.15, -0.1) is 0 Å². The second-order valence-corrected chi connectivity index (χ2v) is 6.20. The molecule has 0 aromatic rings. The fourth-order valence-corrected chi connectivity index (χ4v) is 2.06. The normalized spacial score (nSPS) is 24.3. The minimum atomic E-state index is -0.531. The first kappa shape index (κ1) is 15.0. The van der Waals surface area contributed by atoms with Crippen molar-refractivity contribution in [3.8, 4) is 0 Å². The number of carbonyl (C=O) groups excluding carboxylic acids is 2. The van der Waals surface area contributed by atoms with Crippen LogP contribution in [0.25, 0.3) is 0 Å². The van der Waals surface area contributed by atoms with Crippen molar-refractivity contribution in [1.29, 1.82) is 0 Å². The number of Topliss-reactive ketones (excluding diaryl/α,β-unsaturated/α-hetero) is 1. The molecule has 0 aliphatic heterocycles. The Balaban J connectivity index is 2.29. The van der Waals surface area contributed by atoms with Crippen molar-refractivity contribution >= 4 is 11.9 Å². The molecule has 1 saturated carbocycles. The molecule has 0 heterocycles. The second-order valence-electron chi connectivity index (χ2n) is 6.20. The Morgan fingerprint density at radius 3 is 2.39 bits per heavy atom. The van der Waals surface area contributed by atoms with Crippen LogP contribution < -0.4 is 5.32 Å². The molecule has 0 saturated heterocycles. The third-order valence-corrected chi connectivity index (χ3v) is 3.27. The molecule has 4 heteroatoms. The molecule has 1 aliphatic carbocycles. The van der Waals surface area contributed by atoms with Crippen molar-refractivity contribution in [1.82, 2.24) is 5.32 Å². The average Bonchev–Trinajstić information content (AvgIpc) is 2.93. The molecule has 1 N–H and O–H groups in total. The molecule has 18 heavy (non-hydrogen) atoms. The summed E-state index contributed by atoms with van der Waals surface area (Å²) in [6.45, 7) is 9.27. The molecule has 3 atom stereocenters. The number of rotatable bonds is 5. The molecule has 104 valence electrons. The van der Waals surface area contributed by atoms with Gasteiger partial charge in [-0.1, -0.05) is 13.3 Å². The van der Waals surface area contributed by atoms with Crippen molar-refractivity contribution in [2.75, 3.05) is 0 Å². The maximum absolute atomic E-state index is 11.9. The van der Waals surface area contributed by atoms with E-state index in [9.17, 15) is 9.59 Å². The van der Waals surface area contributed by atoms with E-state index in [1.807, 2.05) is 0 Å². The van der Waals surface area contributed by atoms with Crippen LogP contribution in [0.2, 0.25) is 0 Å². The number of hydrogen-bond acceptors (Lipinski definition) is 3. The van der Waals surface area contributed by atoms with E-state index in [0.717, 1.165) is 12.8 Å². The number of alkyl carbamates (subject to hydrolysis) is 1. The molecular weight excluding hydrogens is 230 g/mol. The zero-order valence-electron chi connectivity index (χ0n) is 12.1. The lowest BCUT2D eigenvalue weighted by atomic mass is 10.1. The summed E-state index contributed by atoms with van der Waals surface area (Å²) in [5.74, 6) is 1.34. The SMILES string of the molecule is CCC1CC1CC(=O)[C@@H](C)NC(=O)OC(C)(C)C. The number of carbonyl (C=O) groups is 2. The Hall–Kier alpha value is -1.06. The van der Waals surface area contributed by atoms with E-state index in [0.29, 0.717) is 18.3 Å². The van der Waals surface area contributed by atoms with Crippen molar-refractivity contribution in [2.45, 2.75) is 65.5 Å². The minimum Gasteiger partial charge on any atom is -0.444 e. The summed E-state index contributed by atoms with van der Waals surface area (Å²) in [5.41, 5.74) is -0.531. The van der Waals surface area contributed by atoms with Gasteiger partial charge in [0.2, 0.25) is 0 Å². The van der Waals surface area contributed by atoms with E-state index < -0.39 is 17.7 Å². The van der Waals surface area contributed by atoms with E-state index in [4.69, 9.17) is 4.74 Å². The van der Waals surface area contributed by atoms with E-state index in [-0.39, 0.29) is 5.78 Å². The summed E-state index contributed by atoms with van der Waals surface area (Å²) in [6.07, 6.45) is 2.36. The molecule has 2 unspecified atom stereocenters. The second kappa shape index (κ2) is 5.72. The largest absolute Gasteiger partial charge is 0.444 e. The Morgan fingerprint density at radius 1 is 1.33 bits per heavy atom. The smallest absolute Gasteiger partial charge is 0.408 e. The highest BCUT2D eigenvalue weighted by Gasteiger charge is 2.37. The van der Waals surface area contributed by atoms with Gasteiger partial charge in [0.1, 0.15) is 5.60 Å². The van der Waals surface area contributed by atoms with Crippen LogP contribution in [0.15, 0.2) is 0 Å². The fraction of sp³-hybridized carbons (Fsp3) is 0.857. The van der Waals surface area contributed by atoms with Gasteiger partial charge >= 0.3 is 6.09 Å². The highest BCUT2D eigenvalue weighted by Crippen LogP contribution is 2.43. The van der Waals surface area contributed by atoms with Crippen LogP contribution in [-0.2, 0) is 9.53 Å². The third kappa shape index (κ3) is 5.07. The summed E-state index contributed by atoms with van der Waals surface area (Å²) >= 11 is 0. The summed E-state index contributed by atoms with van der Waals surface area (Å²) < 4.78 is 5.12. The lowest BCUT2D eigenvalue weighted by Gasteiger charge is -2.21. The van der Waals surface area contributed by atoms with E-state index in [1.165, 1.54) is 0 Å². The van der Waals surface area contributed by atoms with E-state index in [2.05, 4.69) is 12.2 Å².